The molecule has 1 rings (SSSR count). The first-order chi connectivity index (χ1) is 5.22. The Labute approximate surface area is 66.9 Å². The third-order valence-corrected chi connectivity index (χ3v) is 2.26. The van der Waals surface area contributed by atoms with Gasteiger partial charge in [-0.05, 0) is 25.2 Å². The summed E-state index contributed by atoms with van der Waals surface area (Å²) in [6.07, 6.45) is 3.66. The number of rotatable bonds is 2. The fraction of sp³-hybridized carbons (Fsp3) is 0.875. The molecule has 2 unspecified atom stereocenters. The Balaban J connectivity index is 2.23. The largest absolute Gasteiger partial charge is 0.469 e. The van der Waals surface area contributed by atoms with Crippen molar-refractivity contribution in [2.75, 3.05) is 7.11 Å². The van der Waals surface area contributed by atoms with E-state index in [0.717, 1.165) is 19.3 Å². The van der Waals surface area contributed by atoms with Crippen LogP contribution in [0.25, 0.3) is 0 Å². The van der Waals surface area contributed by atoms with Crippen molar-refractivity contribution in [3.8, 4) is 0 Å². The van der Waals surface area contributed by atoms with E-state index in [0.29, 0.717) is 18.4 Å². The Morgan fingerprint density at radius 3 is 2.82 bits per heavy atom. The Morgan fingerprint density at radius 1 is 1.64 bits per heavy atom. The molecule has 2 N–H and O–H groups in total. The van der Waals surface area contributed by atoms with Crippen molar-refractivity contribution < 1.29 is 9.53 Å². The number of carbonyl (C=O) groups is 1. The third-order valence-electron chi connectivity index (χ3n) is 2.26. The lowest BCUT2D eigenvalue weighted by Gasteiger charge is -2.06. The van der Waals surface area contributed by atoms with Crippen molar-refractivity contribution in [1.29, 1.82) is 0 Å². The summed E-state index contributed by atoms with van der Waals surface area (Å²) in [5.74, 6) is 0.363. The van der Waals surface area contributed by atoms with E-state index >= 15 is 0 Å². The van der Waals surface area contributed by atoms with Crippen LogP contribution in [0.15, 0.2) is 0 Å². The van der Waals surface area contributed by atoms with Gasteiger partial charge in [-0.1, -0.05) is 0 Å². The Morgan fingerprint density at radius 2 is 2.36 bits per heavy atom. The van der Waals surface area contributed by atoms with Crippen molar-refractivity contribution in [1.82, 2.24) is 0 Å². The van der Waals surface area contributed by atoms with Crippen LogP contribution in [0.4, 0.5) is 0 Å². The third kappa shape index (κ3) is 2.50. The molecule has 1 fully saturated rings. The van der Waals surface area contributed by atoms with Gasteiger partial charge in [0.25, 0.3) is 0 Å². The van der Waals surface area contributed by atoms with Crippen LogP contribution >= 0.6 is 0 Å². The number of hydrogen-bond donors (Lipinski definition) is 1. The van der Waals surface area contributed by atoms with E-state index in [1.54, 1.807) is 0 Å². The number of esters is 1. The number of methoxy groups -OCH3 is 1. The minimum atomic E-state index is -0.107. The number of hydrogen-bond acceptors (Lipinski definition) is 3. The summed E-state index contributed by atoms with van der Waals surface area (Å²) in [5, 5.41) is 0. The van der Waals surface area contributed by atoms with E-state index in [1.165, 1.54) is 7.11 Å². The average Bonchev–Trinajstić information content (AvgIpc) is 2.35. The summed E-state index contributed by atoms with van der Waals surface area (Å²) in [6.45, 7) is 0. The Bertz CT molecular complexity index is 147. The zero-order chi connectivity index (χ0) is 8.27. The van der Waals surface area contributed by atoms with Crippen LogP contribution in [0, 0.1) is 5.92 Å². The predicted octanol–water partition coefficient (Wildman–Crippen LogP) is 0.677. The van der Waals surface area contributed by atoms with E-state index in [2.05, 4.69) is 4.74 Å². The van der Waals surface area contributed by atoms with Crippen molar-refractivity contribution >= 4 is 5.97 Å². The van der Waals surface area contributed by atoms with Crippen molar-refractivity contribution in [3.05, 3.63) is 0 Å². The molecular weight excluding hydrogens is 142 g/mol. The highest BCUT2D eigenvalue weighted by atomic mass is 16.5. The van der Waals surface area contributed by atoms with Crippen LogP contribution in [0.1, 0.15) is 25.7 Å². The first-order valence-electron chi connectivity index (χ1n) is 4.04. The molecule has 1 aliphatic carbocycles. The Hall–Kier alpha value is -0.570. The maximum atomic E-state index is 10.8. The number of carbonyl (C=O) groups excluding carboxylic acids is 1. The molecule has 1 saturated carbocycles. The van der Waals surface area contributed by atoms with Gasteiger partial charge in [0.2, 0.25) is 0 Å². The van der Waals surface area contributed by atoms with Gasteiger partial charge in [0.15, 0.2) is 0 Å². The summed E-state index contributed by atoms with van der Waals surface area (Å²) in [6, 6.07) is 0.310. The lowest BCUT2D eigenvalue weighted by molar-refractivity contribution is -0.141. The van der Waals surface area contributed by atoms with E-state index in [-0.39, 0.29) is 5.97 Å². The average molecular weight is 157 g/mol. The van der Waals surface area contributed by atoms with Crippen LogP contribution < -0.4 is 5.73 Å². The quantitative estimate of drug-likeness (QED) is 0.599. The SMILES string of the molecule is COC(=O)CC1CCC(N)C1. The van der Waals surface area contributed by atoms with Gasteiger partial charge in [0.05, 0.1) is 7.11 Å². The van der Waals surface area contributed by atoms with Gasteiger partial charge in [-0.3, -0.25) is 4.79 Å². The number of ether oxygens (including phenoxy) is 1. The second-order valence-corrected chi connectivity index (χ2v) is 3.22. The summed E-state index contributed by atoms with van der Waals surface area (Å²) < 4.78 is 4.57. The molecule has 2 atom stereocenters. The van der Waals surface area contributed by atoms with Gasteiger partial charge >= 0.3 is 5.97 Å². The van der Waals surface area contributed by atoms with E-state index in [4.69, 9.17) is 5.73 Å². The van der Waals surface area contributed by atoms with Crippen molar-refractivity contribution in [2.24, 2.45) is 11.7 Å². The lowest BCUT2D eigenvalue weighted by Crippen LogP contribution is -2.15. The molecule has 11 heavy (non-hydrogen) atoms. The lowest BCUT2D eigenvalue weighted by atomic mass is 10.0. The summed E-state index contributed by atoms with van der Waals surface area (Å²) in [5.41, 5.74) is 5.69. The second-order valence-electron chi connectivity index (χ2n) is 3.22. The summed E-state index contributed by atoms with van der Waals surface area (Å²) in [7, 11) is 1.43. The van der Waals surface area contributed by atoms with Gasteiger partial charge in [0, 0.05) is 12.5 Å². The molecule has 0 heterocycles. The highest BCUT2D eigenvalue weighted by Crippen LogP contribution is 2.26. The number of nitrogens with two attached hydrogens (primary N) is 1. The van der Waals surface area contributed by atoms with Gasteiger partial charge < -0.3 is 10.5 Å². The monoisotopic (exact) mass is 157 g/mol. The fourth-order valence-corrected chi connectivity index (χ4v) is 1.62. The van der Waals surface area contributed by atoms with E-state index in [1.807, 2.05) is 0 Å². The minimum Gasteiger partial charge on any atom is -0.469 e. The molecule has 3 heteroatoms. The Kier molecular flexibility index (Phi) is 2.88. The molecule has 64 valence electrons. The van der Waals surface area contributed by atoms with Crippen LogP contribution in [0.5, 0.6) is 0 Å². The first kappa shape index (κ1) is 8.53. The molecule has 0 spiro atoms. The van der Waals surface area contributed by atoms with Gasteiger partial charge in [-0.25, -0.2) is 0 Å². The first-order valence-corrected chi connectivity index (χ1v) is 4.04. The minimum absolute atomic E-state index is 0.107. The molecular formula is C8H15NO2. The van der Waals surface area contributed by atoms with Crippen LogP contribution in [0.3, 0.4) is 0 Å². The van der Waals surface area contributed by atoms with Crippen LogP contribution in [-0.2, 0) is 9.53 Å². The van der Waals surface area contributed by atoms with Crippen molar-refractivity contribution in [3.63, 3.8) is 0 Å². The van der Waals surface area contributed by atoms with Gasteiger partial charge in [-0.2, -0.15) is 0 Å². The smallest absolute Gasteiger partial charge is 0.305 e. The maximum absolute atomic E-state index is 10.8. The second kappa shape index (κ2) is 3.72. The molecule has 0 aromatic rings. The molecule has 0 aromatic carbocycles. The van der Waals surface area contributed by atoms with E-state index < -0.39 is 0 Å². The topological polar surface area (TPSA) is 52.3 Å². The highest BCUT2D eigenvalue weighted by molar-refractivity contribution is 5.69. The van der Waals surface area contributed by atoms with Crippen molar-refractivity contribution in [2.45, 2.75) is 31.7 Å². The molecule has 0 amide bonds. The summed E-state index contributed by atoms with van der Waals surface area (Å²) >= 11 is 0. The van der Waals surface area contributed by atoms with Gasteiger partial charge in [-0.15, -0.1) is 0 Å². The molecule has 0 saturated heterocycles. The molecule has 1 aliphatic rings. The standard InChI is InChI=1S/C8H15NO2/c1-11-8(10)5-6-2-3-7(9)4-6/h6-7H,2-5,9H2,1H3. The predicted molar refractivity (Wildman–Crippen MR) is 41.9 cm³/mol. The molecule has 0 aromatic heterocycles. The molecule has 0 aliphatic heterocycles. The molecule has 0 bridgehead atoms. The maximum Gasteiger partial charge on any atom is 0.305 e. The zero-order valence-electron chi connectivity index (χ0n) is 6.88. The normalized spacial score (nSPS) is 30.4. The highest BCUT2D eigenvalue weighted by Gasteiger charge is 2.23. The van der Waals surface area contributed by atoms with Crippen LogP contribution in [0.2, 0.25) is 0 Å². The van der Waals surface area contributed by atoms with Gasteiger partial charge in [0.1, 0.15) is 0 Å². The zero-order valence-corrected chi connectivity index (χ0v) is 6.88. The summed E-state index contributed by atoms with van der Waals surface area (Å²) in [4.78, 5) is 10.8. The van der Waals surface area contributed by atoms with Crippen LogP contribution in [-0.4, -0.2) is 19.1 Å². The fourth-order valence-electron chi connectivity index (χ4n) is 1.62. The van der Waals surface area contributed by atoms with E-state index in [9.17, 15) is 4.79 Å². The molecule has 3 nitrogen and oxygen atoms in total. The molecule has 0 radical (unpaired) electrons.